The molecule has 16 heavy (non-hydrogen) atoms. The first kappa shape index (κ1) is 11.7. The quantitative estimate of drug-likeness (QED) is 0.698. The van der Waals surface area contributed by atoms with E-state index >= 15 is 0 Å². The van der Waals surface area contributed by atoms with Gasteiger partial charge in [-0.3, -0.25) is 4.79 Å². The summed E-state index contributed by atoms with van der Waals surface area (Å²) >= 11 is 5.82. The van der Waals surface area contributed by atoms with Gasteiger partial charge in [0.25, 0.3) is 0 Å². The Balaban J connectivity index is 2.22. The highest BCUT2D eigenvalue weighted by atomic mass is 35.5. The third-order valence-electron chi connectivity index (χ3n) is 3.70. The molecule has 0 spiro atoms. The summed E-state index contributed by atoms with van der Waals surface area (Å²) in [6.45, 7) is 4.39. The average Bonchev–Trinajstić information content (AvgIpc) is 2.58. The normalized spacial score (nSPS) is 23.3. The number of carbonyl (C=O) groups excluding carboxylic acids is 1. The van der Waals surface area contributed by atoms with E-state index in [2.05, 4.69) is 13.8 Å². The summed E-state index contributed by atoms with van der Waals surface area (Å²) in [6, 6.07) is 7.24. The number of hydrogen-bond acceptors (Lipinski definition) is 1. The van der Waals surface area contributed by atoms with Crippen molar-refractivity contribution >= 4 is 17.4 Å². The first-order chi connectivity index (χ1) is 7.50. The van der Waals surface area contributed by atoms with E-state index in [1.807, 2.05) is 12.1 Å². The summed E-state index contributed by atoms with van der Waals surface area (Å²) in [4.78, 5) is 12.3. The lowest BCUT2D eigenvalue weighted by Gasteiger charge is -2.25. The van der Waals surface area contributed by atoms with Gasteiger partial charge in [-0.15, -0.1) is 0 Å². The molecule has 1 atom stereocenters. The maximum atomic E-state index is 12.3. The van der Waals surface area contributed by atoms with Crippen LogP contribution in [-0.4, -0.2) is 5.78 Å². The van der Waals surface area contributed by atoms with Crippen LogP contribution in [0.15, 0.2) is 24.3 Å². The molecule has 2 rings (SSSR count). The number of ketones is 1. The fraction of sp³-hybridized carbons (Fsp3) is 0.500. The number of halogens is 1. The van der Waals surface area contributed by atoms with Crippen molar-refractivity contribution in [3.05, 3.63) is 34.9 Å². The van der Waals surface area contributed by atoms with Gasteiger partial charge in [-0.2, -0.15) is 0 Å². The number of Topliss-reactive ketones (excluding diaryl/α,β-unsaturated/α-hetero) is 1. The molecule has 1 aromatic rings. The molecule has 86 valence electrons. The second-order valence-electron chi connectivity index (χ2n) is 5.30. The third kappa shape index (κ3) is 2.15. The van der Waals surface area contributed by atoms with E-state index in [1.165, 1.54) is 0 Å². The first-order valence-electron chi connectivity index (χ1n) is 5.80. The number of rotatable bonds is 2. The first-order valence-corrected chi connectivity index (χ1v) is 6.18. The van der Waals surface area contributed by atoms with Gasteiger partial charge in [0.15, 0.2) is 5.78 Å². The fourth-order valence-electron chi connectivity index (χ4n) is 2.63. The highest BCUT2D eigenvalue weighted by Crippen LogP contribution is 2.44. The van der Waals surface area contributed by atoms with Crippen LogP contribution in [0.2, 0.25) is 5.02 Å². The summed E-state index contributed by atoms with van der Waals surface area (Å²) < 4.78 is 0. The molecule has 0 radical (unpaired) electrons. The van der Waals surface area contributed by atoms with Crippen molar-refractivity contribution in [3.63, 3.8) is 0 Å². The molecular formula is C14H17ClO. The Morgan fingerprint density at radius 1 is 1.31 bits per heavy atom. The molecule has 1 unspecified atom stereocenters. The Labute approximate surface area is 102 Å². The molecule has 0 saturated heterocycles. The van der Waals surface area contributed by atoms with Gasteiger partial charge in [-0.1, -0.05) is 31.9 Å². The largest absolute Gasteiger partial charge is 0.294 e. The molecule has 0 amide bonds. The van der Waals surface area contributed by atoms with Crippen molar-refractivity contribution in [1.82, 2.24) is 0 Å². The average molecular weight is 237 g/mol. The summed E-state index contributed by atoms with van der Waals surface area (Å²) in [7, 11) is 0. The standard InChI is InChI=1S/C14H17ClO/c1-14(2)9-3-4-12(14)13(16)10-5-7-11(15)8-6-10/h5-8,12H,3-4,9H2,1-2H3. The minimum absolute atomic E-state index is 0.150. The predicted octanol–water partition coefficient (Wildman–Crippen LogP) is 4.35. The highest BCUT2D eigenvalue weighted by molar-refractivity contribution is 6.30. The van der Waals surface area contributed by atoms with Crippen LogP contribution >= 0.6 is 11.6 Å². The van der Waals surface area contributed by atoms with Gasteiger partial charge in [-0.05, 0) is 42.5 Å². The molecule has 0 heterocycles. The van der Waals surface area contributed by atoms with Crippen molar-refractivity contribution in [3.8, 4) is 0 Å². The molecular weight excluding hydrogens is 220 g/mol. The lowest BCUT2D eigenvalue weighted by Crippen LogP contribution is -2.25. The molecule has 0 aliphatic heterocycles. The van der Waals surface area contributed by atoms with E-state index in [9.17, 15) is 4.79 Å². The SMILES string of the molecule is CC1(C)CCCC1C(=O)c1ccc(Cl)cc1. The van der Waals surface area contributed by atoms with Crippen molar-refractivity contribution in [1.29, 1.82) is 0 Å². The highest BCUT2D eigenvalue weighted by Gasteiger charge is 2.39. The molecule has 1 aliphatic rings. The van der Waals surface area contributed by atoms with Gasteiger partial charge >= 0.3 is 0 Å². The van der Waals surface area contributed by atoms with Crippen molar-refractivity contribution in [2.45, 2.75) is 33.1 Å². The second-order valence-corrected chi connectivity index (χ2v) is 5.74. The summed E-state index contributed by atoms with van der Waals surface area (Å²) in [6.07, 6.45) is 3.34. The monoisotopic (exact) mass is 236 g/mol. The molecule has 1 nitrogen and oxygen atoms in total. The number of carbonyl (C=O) groups is 1. The van der Waals surface area contributed by atoms with Crippen LogP contribution in [0.3, 0.4) is 0 Å². The van der Waals surface area contributed by atoms with Crippen LogP contribution in [0.4, 0.5) is 0 Å². The van der Waals surface area contributed by atoms with Crippen molar-refractivity contribution < 1.29 is 4.79 Å². The van der Waals surface area contributed by atoms with Gasteiger partial charge in [-0.25, -0.2) is 0 Å². The van der Waals surface area contributed by atoms with Gasteiger partial charge in [0.05, 0.1) is 0 Å². The molecule has 0 bridgehead atoms. The minimum Gasteiger partial charge on any atom is -0.294 e. The number of hydrogen-bond donors (Lipinski definition) is 0. The Kier molecular flexibility index (Phi) is 3.07. The van der Waals surface area contributed by atoms with E-state index < -0.39 is 0 Å². The Morgan fingerprint density at radius 3 is 2.44 bits per heavy atom. The zero-order valence-corrected chi connectivity index (χ0v) is 10.6. The van der Waals surface area contributed by atoms with E-state index in [-0.39, 0.29) is 17.1 Å². The summed E-state index contributed by atoms with van der Waals surface area (Å²) in [5.74, 6) is 0.452. The van der Waals surface area contributed by atoms with E-state index in [1.54, 1.807) is 12.1 Å². The lowest BCUT2D eigenvalue weighted by atomic mass is 9.78. The summed E-state index contributed by atoms with van der Waals surface area (Å²) in [5.41, 5.74) is 0.945. The maximum absolute atomic E-state index is 12.3. The van der Waals surface area contributed by atoms with Gasteiger partial charge in [0, 0.05) is 16.5 Å². The topological polar surface area (TPSA) is 17.1 Å². The van der Waals surface area contributed by atoms with Gasteiger partial charge in [0.1, 0.15) is 0 Å². The van der Waals surface area contributed by atoms with Gasteiger partial charge < -0.3 is 0 Å². The zero-order valence-electron chi connectivity index (χ0n) is 9.79. The maximum Gasteiger partial charge on any atom is 0.166 e. The van der Waals surface area contributed by atoms with Crippen LogP contribution in [0.5, 0.6) is 0 Å². The third-order valence-corrected chi connectivity index (χ3v) is 3.95. The van der Waals surface area contributed by atoms with Crippen LogP contribution in [0.25, 0.3) is 0 Å². The predicted molar refractivity (Wildman–Crippen MR) is 66.9 cm³/mol. The molecule has 1 fully saturated rings. The van der Waals surface area contributed by atoms with Crippen LogP contribution in [0.1, 0.15) is 43.5 Å². The smallest absolute Gasteiger partial charge is 0.166 e. The second kappa shape index (κ2) is 4.21. The fourth-order valence-corrected chi connectivity index (χ4v) is 2.75. The molecule has 0 aromatic heterocycles. The number of benzene rings is 1. The molecule has 1 aliphatic carbocycles. The Bertz CT molecular complexity index is 392. The van der Waals surface area contributed by atoms with Crippen LogP contribution in [0, 0.1) is 11.3 Å². The zero-order chi connectivity index (χ0) is 11.8. The van der Waals surface area contributed by atoms with E-state index in [4.69, 9.17) is 11.6 Å². The molecule has 1 saturated carbocycles. The molecule has 1 aromatic carbocycles. The van der Waals surface area contributed by atoms with Crippen molar-refractivity contribution in [2.24, 2.45) is 11.3 Å². The Hall–Kier alpha value is -0.820. The van der Waals surface area contributed by atoms with Crippen LogP contribution < -0.4 is 0 Å². The molecule has 2 heteroatoms. The molecule has 0 N–H and O–H groups in total. The van der Waals surface area contributed by atoms with E-state index in [0.717, 1.165) is 24.8 Å². The van der Waals surface area contributed by atoms with Crippen LogP contribution in [-0.2, 0) is 0 Å². The van der Waals surface area contributed by atoms with Crippen molar-refractivity contribution in [2.75, 3.05) is 0 Å². The van der Waals surface area contributed by atoms with E-state index in [0.29, 0.717) is 5.02 Å². The lowest BCUT2D eigenvalue weighted by molar-refractivity contribution is 0.0839. The Morgan fingerprint density at radius 2 is 1.94 bits per heavy atom. The van der Waals surface area contributed by atoms with Gasteiger partial charge in [0.2, 0.25) is 0 Å². The minimum atomic E-state index is 0.150. The summed E-state index contributed by atoms with van der Waals surface area (Å²) in [5, 5.41) is 0.683.